The van der Waals surface area contributed by atoms with Crippen LogP contribution in [0.1, 0.15) is 17.4 Å². The molecule has 2 aromatic heterocycles. The molecule has 0 fully saturated rings. The molecule has 0 amide bonds. The number of aromatic nitrogens is 3. The van der Waals surface area contributed by atoms with E-state index in [0.717, 1.165) is 16.8 Å². The normalized spacial score (nSPS) is 12.9. The molecule has 0 radical (unpaired) electrons. The minimum atomic E-state index is -4.50. The van der Waals surface area contributed by atoms with Crippen LogP contribution in [-0.2, 0) is 10.9 Å². The van der Waals surface area contributed by atoms with Crippen molar-refractivity contribution in [3.05, 3.63) is 111 Å². The number of hydrogen-bond acceptors (Lipinski definition) is 3. The van der Waals surface area contributed by atoms with Gasteiger partial charge in [0, 0.05) is 23.4 Å². The maximum absolute atomic E-state index is 13.6. The Morgan fingerprint density at radius 3 is 2.06 bits per heavy atom. The summed E-state index contributed by atoms with van der Waals surface area (Å²) in [6.45, 7) is 0. The van der Waals surface area contributed by atoms with Gasteiger partial charge < -0.3 is 4.74 Å². The predicted octanol–water partition coefficient (Wildman–Crippen LogP) is 4.85. The van der Waals surface area contributed by atoms with Gasteiger partial charge in [0.05, 0.1) is 16.8 Å². The van der Waals surface area contributed by atoms with Crippen LogP contribution in [0.3, 0.4) is 0 Å². The van der Waals surface area contributed by atoms with Crippen molar-refractivity contribution in [2.75, 3.05) is 7.11 Å². The van der Waals surface area contributed by atoms with E-state index < -0.39 is 29.1 Å². The summed E-state index contributed by atoms with van der Waals surface area (Å²) in [6, 6.07) is 20.0. The van der Waals surface area contributed by atoms with Crippen molar-refractivity contribution in [1.82, 2.24) is 14.3 Å². The first-order valence-electron chi connectivity index (χ1n) is 10.3. The number of halogens is 3. The van der Waals surface area contributed by atoms with Gasteiger partial charge in [-0.1, -0.05) is 48.5 Å². The zero-order chi connectivity index (χ0) is 24.0. The van der Waals surface area contributed by atoms with Gasteiger partial charge in [0.15, 0.2) is 6.23 Å². The third kappa shape index (κ3) is 3.41. The highest BCUT2D eigenvalue weighted by Crippen LogP contribution is 2.30. The fourth-order valence-electron chi connectivity index (χ4n) is 4.17. The van der Waals surface area contributed by atoms with E-state index in [1.165, 1.54) is 23.8 Å². The highest BCUT2D eigenvalue weighted by Gasteiger charge is 2.30. The molecule has 3 aromatic carbocycles. The Hall–Kier alpha value is -4.11. The SMILES string of the molecule is COC(c1ccccc1)n1c(=O)c2ccccc2c2[nH]n(-c3ccc(C(F)(F)F)cc3)c(=O)c21. The van der Waals surface area contributed by atoms with E-state index >= 15 is 0 Å². The van der Waals surface area contributed by atoms with Gasteiger partial charge in [-0.3, -0.25) is 19.3 Å². The lowest BCUT2D eigenvalue weighted by molar-refractivity contribution is -0.137. The average molecular weight is 465 g/mol. The van der Waals surface area contributed by atoms with Crippen molar-refractivity contribution in [3.63, 3.8) is 0 Å². The largest absolute Gasteiger partial charge is 0.416 e. The summed E-state index contributed by atoms with van der Waals surface area (Å²) in [7, 11) is 1.44. The minimum absolute atomic E-state index is 0.0549. The van der Waals surface area contributed by atoms with Crippen LogP contribution >= 0.6 is 0 Å². The molecule has 1 atom stereocenters. The van der Waals surface area contributed by atoms with Gasteiger partial charge in [-0.15, -0.1) is 0 Å². The highest BCUT2D eigenvalue weighted by atomic mass is 19.4. The fraction of sp³-hybridized carbons (Fsp3) is 0.120. The first kappa shape index (κ1) is 21.7. The summed E-state index contributed by atoms with van der Waals surface area (Å²) in [5.74, 6) is 0. The molecule has 0 bridgehead atoms. The van der Waals surface area contributed by atoms with Gasteiger partial charge >= 0.3 is 6.18 Å². The van der Waals surface area contributed by atoms with Crippen molar-refractivity contribution in [2.24, 2.45) is 0 Å². The van der Waals surface area contributed by atoms with Crippen LogP contribution in [0.15, 0.2) is 88.5 Å². The Labute approximate surface area is 190 Å². The third-order valence-electron chi connectivity index (χ3n) is 5.75. The van der Waals surface area contributed by atoms with Crippen LogP contribution in [0.25, 0.3) is 27.5 Å². The number of pyridine rings is 1. The molecule has 9 heteroatoms. The number of ether oxygens (including phenoxy) is 1. The number of nitrogens with one attached hydrogen (secondary N) is 1. The van der Waals surface area contributed by atoms with Crippen LogP contribution in [0.5, 0.6) is 0 Å². The average Bonchev–Trinajstić information content (AvgIpc) is 3.19. The Kier molecular flexibility index (Phi) is 5.13. The molecule has 0 saturated heterocycles. The number of benzene rings is 3. The van der Waals surface area contributed by atoms with Gasteiger partial charge in [-0.2, -0.15) is 13.2 Å². The van der Waals surface area contributed by atoms with Crippen molar-refractivity contribution >= 4 is 21.8 Å². The van der Waals surface area contributed by atoms with E-state index in [9.17, 15) is 22.8 Å². The summed E-state index contributed by atoms with van der Waals surface area (Å²) in [4.78, 5) is 27.1. The van der Waals surface area contributed by atoms with Crippen LogP contribution in [0, 0.1) is 0 Å². The number of nitrogens with zero attached hydrogens (tertiary/aromatic N) is 2. The van der Waals surface area contributed by atoms with E-state index in [1.54, 1.807) is 48.5 Å². The Morgan fingerprint density at radius 1 is 0.824 bits per heavy atom. The number of aromatic amines is 1. The summed E-state index contributed by atoms with van der Waals surface area (Å²) in [6.07, 6.45) is -5.40. The molecule has 5 rings (SSSR count). The number of methoxy groups -OCH3 is 1. The number of alkyl halides is 3. The van der Waals surface area contributed by atoms with Gasteiger partial charge in [-0.05, 0) is 30.3 Å². The van der Waals surface area contributed by atoms with E-state index in [-0.39, 0.29) is 11.2 Å². The number of rotatable bonds is 4. The van der Waals surface area contributed by atoms with Gasteiger partial charge in [-0.25, -0.2) is 4.68 Å². The monoisotopic (exact) mass is 465 g/mol. The summed E-state index contributed by atoms with van der Waals surface area (Å²) in [5.41, 5.74) is -0.551. The van der Waals surface area contributed by atoms with Crippen LogP contribution < -0.4 is 11.1 Å². The molecule has 0 aliphatic rings. The first-order chi connectivity index (χ1) is 16.3. The Bertz CT molecular complexity index is 1620. The highest BCUT2D eigenvalue weighted by molar-refractivity contribution is 6.03. The van der Waals surface area contributed by atoms with E-state index in [1.807, 2.05) is 6.07 Å². The van der Waals surface area contributed by atoms with E-state index in [4.69, 9.17) is 4.74 Å². The van der Waals surface area contributed by atoms with Crippen molar-refractivity contribution in [2.45, 2.75) is 12.4 Å². The standard InChI is InChI=1S/C25H18F3N3O3/c1-34-24(15-7-3-2-4-8-15)30-21-20(18-9-5-6-10-19(18)22(30)32)29-31(23(21)33)17-13-11-16(12-14-17)25(26,27)28/h2-14,24,29H,1H3. The molecule has 34 heavy (non-hydrogen) atoms. The summed E-state index contributed by atoms with van der Waals surface area (Å²) >= 11 is 0. The van der Waals surface area contributed by atoms with Crippen molar-refractivity contribution < 1.29 is 17.9 Å². The van der Waals surface area contributed by atoms with Crippen LogP contribution in [-0.4, -0.2) is 21.5 Å². The predicted molar refractivity (Wildman–Crippen MR) is 122 cm³/mol. The molecular weight excluding hydrogens is 447 g/mol. The molecule has 0 aliphatic carbocycles. The zero-order valence-electron chi connectivity index (χ0n) is 17.8. The summed E-state index contributed by atoms with van der Waals surface area (Å²) in [5, 5.41) is 3.87. The van der Waals surface area contributed by atoms with Gasteiger partial charge in [0.2, 0.25) is 0 Å². The molecule has 0 spiro atoms. The quantitative estimate of drug-likeness (QED) is 0.413. The van der Waals surface area contributed by atoms with Gasteiger partial charge in [0.25, 0.3) is 11.1 Å². The van der Waals surface area contributed by atoms with Crippen LogP contribution in [0.4, 0.5) is 13.2 Å². The second kappa shape index (κ2) is 8.03. The van der Waals surface area contributed by atoms with Gasteiger partial charge in [0.1, 0.15) is 5.52 Å². The third-order valence-corrected chi connectivity index (χ3v) is 5.75. The molecule has 6 nitrogen and oxygen atoms in total. The summed E-state index contributed by atoms with van der Waals surface area (Å²) < 4.78 is 47.1. The van der Waals surface area contributed by atoms with E-state index in [0.29, 0.717) is 21.9 Å². The second-order valence-corrected chi connectivity index (χ2v) is 7.74. The molecular formula is C25H18F3N3O3. The second-order valence-electron chi connectivity index (χ2n) is 7.74. The number of hydrogen-bond donors (Lipinski definition) is 1. The first-order valence-corrected chi connectivity index (χ1v) is 10.3. The van der Waals surface area contributed by atoms with Crippen LogP contribution in [0.2, 0.25) is 0 Å². The minimum Gasteiger partial charge on any atom is -0.357 e. The maximum Gasteiger partial charge on any atom is 0.416 e. The Balaban J connectivity index is 1.84. The topological polar surface area (TPSA) is 69.0 Å². The molecule has 172 valence electrons. The number of H-pyrrole nitrogens is 1. The van der Waals surface area contributed by atoms with Crippen molar-refractivity contribution in [1.29, 1.82) is 0 Å². The van der Waals surface area contributed by atoms with E-state index in [2.05, 4.69) is 5.10 Å². The smallest absolute Gasteiger partial charge is 0.357 e. The molecule has 1 unspecified atom stereocenters. The lowest BCUT2D eigenvalue weighted by atomic mass is 10.1. The lowest BCUT2D eigenvalue weighted by Gasteiger charge is -2.20. The molecule has 0 saturated carbocycles. The number of fused-ring (bicyclic) bond motifs is 3. The molecule has 1 N–H and O–H groups in total. The molecule has 2 heterocycles. The van der Waals surface area contributed by atoms with Crippen molar-refractivity contribution in [3.8, 4) is 5.69 Å². The molecule has 5 aromatic rings. The molecule has 0 aliphatic heterocycles. The lowest BCUT2D eigenvalue weighted by Crippen LogP contribution is -2.30. The zero-order valence-corrected chi connectivity index (χ0v) is 17.8. The Morgan fingerprint density at radius 2 is 1.44 bits per heavy atom. The maximum atomic E-state index is 13.6. The fourth-order valence-corrected chi connectivity index (χ4v) is 4.17.